The Bertz CT molecular complexity index is 1020. The van der Waals surface area contributed by atoms with Gasteiger partial charge in [0.15, 0.2) is 5.82 Å². The van der Waals surface area contributed by atoms with Crippen molar-refractivity contribution in [3.63, 3.8) is 0 Å². The molecule has 0 radical (unpaired) electrons. The fraction of sp³-hybridized carbons (Fsp3) is 0.444. The van der Waals surface area contributed by atoms with Crippen LogP contribution >= 0.6 is 0 Å². The van der Waals surface area contributed by atoms with Crippen molar-refractivity contribution in [1.29, 1.82) is 0 Å². The van der Waals surface area contributed by atoms with Gasteiger partial charge in [-0.25, -0.2) is 9.67 Å². The number of aromatic nitrogens is 6. The molecule has 146 valence electrons. The summed E-state index contributed by atoms with van der Waals surface area (Å²) in [5.41, 5.74) is 0.472. The van der Waals surface area contributed by atoms with Gasteiger partial charge < -0.3 is 10.3 Å². The van der Waals surface area contributed by atoms with Crippen LogP contribution in [0.5, 0.6) is 0 Å². The maximum Gasteiger partial charge on any atom is 0.258 e. The fourth-order valence-electron chi connectivity index (χ4n) is 3.37. The van der Waals surface area contributed by atoms with Crippen LogP contribution in [0.1, 0.15) is 24.5 Å². The lowest BCUT2D eigenvalue weighted by atomic mass is 10.2. The van der Waals surface area contributed by atoms with Gasteiger partial charge in [0.2, 0.25) is 5.91 Å². The van der Waals surface area contributed by atoms with Crippen molar-refractivity contribution >= 4 is 16.8 Å². The lowest BCUT2D eigenvalue weighted by Gasteiger charge is -2.13. The van der Waals surface area contributed by atoms with Crippen LogP contribution in [0.2, 0.25) is 0 Å². The minimum Gasteiger partial charge on any atom is -0.354 e. The Morgan fingerprint density at radius 1 is 1.21 bits per heavy atom. The van der Waals surface area contributed by atoms with E-state index >= 15 is 0 Å². The Labute approximate surface area is 161 Å². The Balaban J connectivity index is 1.31. The highest BCUT2D eigenvalue weighted by Gasteiger charge is 2.17. The first-order valence-corrected chi connectivity index (χ1v) is 9.41. The molecule has 0 atom stereocenters. The summed E-state index contributed by atoms with van der Waals surface area (Å²) in [6, 6.07) is 7.17. The van der Waals surface area contributed by atoms with Crippen LogP contribution < -0.4 is 10.9 Å². The van der Waals surface area contributed by atoms with E-state index in [1.54, 1.807) is 18.2 Å². The summed E-state index contributed by atoms with van der Waals surface area (Å²) in [5.74, 6) is 1.05. The number of tetrazole rings is 1. The number of benzene rings is 1. The first kappa shape index (κ1) is 18.2. The summed E-state index contributed by atoms with van der Waals surface area (Å²) in [7, 11) is 0. The Hall–Kier alpha value is -3.14. The molecule has 1 saturated heterocycles. The summed E-state index contributed by atoms with van der Waals surface area (Å²) in [6.07, 6.45) is 2.81. The van der Waals surface area contributed by atoms with Gasteiger partial charge in [0.05, 0.1) is 17.4 Å². The maximum absolute atomic E-state index is 12.2. The van der Waals surface area contributed by atoms with Crippen LogP contribution in [0.3, 0.4) is 0 Å². The number of H-pyrrole nitrogens is 1. The third-order valence-electron chi connectivity index (χ3n) is 4.81. The Morgan fingerprint density at radius 3 is 2.89 bits per heavy atom. The summed E-state index contributed by atoms with van der Waals surface area (Å²) in [5, 5.41) is 15.0. The van der Waals surface area contributed by atoms with Gasteiger partial charge in [0, 0.05) is 13.0 Å². The van der Waals surface area contributed by atoms with Crippen molar-refractivity contribution in [1.82, 2.24) is 40.4 Å². The van der Waals surface area contributed by atoms with E-state index in [0.29, 0.717) is 42.1 Å². The van der Waals surface area contributed by atoms with E-state index in [-0.39, 0.29) is 18.0 Å². The molecular weight excluding hydrogens is 360 g/mol. The van der Waals surface area contributed by atoms with E-state index in [1.807, 2.05) is 6.07 Å². The number of hydrogen-bond donors (Lipinski definition) is 2. The zero-order valence-electron chi connectivity index (χ0n) is 15.5. The molecule has 1 aliphatic rings. The van der Waals surface area contributed by atoms with E-state index in [0.717, 1.165) is 13.1 Å². The van der Waals surface area contributed by atoms with Gasteiger partial charge in [-0.2, -0.15) is 0 Å². The van der Waals surface area contributed by atoms with Crippen molar-refractivity contribution in [2.75, 3.05) is 19.6 Å². The molecule has 0 saturated carbocycles. The molecule has 0 unspecified atom stereocenters. The number of carbonyl (C=O) groups is 1. The molecule has 2 N–H and O–H groups in total. The molecule has 10 nitrogen and oxygen atoms in total. The highest BCUT2D eigenvalue weighted by Crippen LogP contribution is 2.10. The van der Waals surface area contributed by atoms with Gasteiger partial charge >= 0.3 is 0 Å². The molecule has 1 aliphatic heterocycles. The standard InChI is InChI=1S/C18H22N8O2/c27-17(12-26-16(22-23-24-26)11-25-9-3-4-10-25)19-8-7-15-20-14-6-2-1-5-13(14)18(28)21-15/h1-2,5-6H,3-4,7-12H2,(H,19,27)(H,20,21,28). The van der Waals surface area contributed by atoms with Crippen molar-refractivity contribution in [3.05, 3.63) is 46.3 Å². The average molecular weight is 382 g/mol. The number of carbonyl (C=O) groups excluding carboxylic acids is 1. The van der Waals surface area contributed by atoms with Crippen LogP contribution in [0, 0.1) is 0 Å². The molecule has 4 rings (SSSR count). The fourth-order valence-corrected chi connectivity index (χ4v) is 3.37. The number of hydrogen-bond acceptors (Lipinski definition) is 7. The van der Waals surface area contributed by atoms with Crippen molar-refractivity contribution in [2.45, 2.75) is 32.4 Å². The summed E-state index contributed by atoms with van der Waals surface area (Å²) in [4.78, 5) is 33.8. The van der Waals surface area contributed by atoms with Gasteiger partial charge in [-0.05, 0) is 48.5 Å². The largest absolute Gasteiger partial charge is 0.354 e. The summed E-state index contributed by atoms with van der Waals surface area (Å²) in [6.45, 7) is 3.16. The normalized spacial score (nSPS) is 14.6. The molecule has 0 bridgehead atoms. The number of rotatable bonds is 7. The van der Waals surface area contributed by atoms with E-state index in [2.05, 4.69) is 35.7 Å². The third-order valence-corrected chi connectivity index (χ3v) is 4.81. The topological polar surface area (TPSA) is 122 Å². The minimum absolute atomic E-state index is 0.0673. The minimum atomic E-state index is -0.182. The zero-order valence-corrected chi connectivity index (χ0v) is 15.5. The van der Waals surface area contributed by atoms with Crippen molar-refractivity contribution < 1.29 is 4.79 Å². The number of fused-ring (bicyclic) bond motifs is 1. The number of likely N-dealkylation sites (tertiary alicyclic amines) is 1. The van der Waals surface area contributed by atoms with Crippen LogP contribution in [-0.2, 0) is 24.3 Å². The second kappa shape index (κ2) is 8.26. The van der Waals surface area contributed by atoms with Gasteiger partial charge in [-0.1, -0.05) is 12.1 Å². The van der Waals surface area contributed by atoms with Crippen LogP contribution in [0.4, 0.5) is 0 Å². The monoisotopic (exact) mass is 382 g/mol. The maximum atomic E-state index is 12.2. The van der Waals surface area contributed by atoms with E-state index in [1.165, 1.54) is 17.5 Å². The predicted molar refractivity (Wildman–Crippen MR) is 101 cm³/mol. The van der Waals surface area contributed by atoms with E-state index in [4.69, 9.17) is 0 Å². The molecule has 1 aromatic carbocycles. The van der Waals surface area contributed by atoms with Crippen molar-refractivity contribution in [3.8, 4) is 0 Å². The number of nitrogens with zero attached hydrogens (tertiary/aromatic N) is 6. The number of nitrogens with one attached hydrogen (secondary N) is 2. The average Bonchev–Trinajstić information content (AvgIpc) is 3.35. The Kier molecular flexibility index (Phi) is 5.38. The molecule has 1 amide bonds. The molecule has 3 aromatic rings. The summed E-state index contributed by atoms with van der Waals surface area (Å²) >= 11 is 0. The lowest BCUT2D eigenvalue weighted by Crippen LogP contribution is -2.31. The predicted octanol–water partition coefficient (Wildman–Crippen LogP) is -0.136. The highest BCUT2D eigenvalue weighted by molar-refractivity contribution is 5.77. The molecule has 1 fully saturated rings. The third kappa shape index (κ3) is 4.22. The summed E-state index contributed by atoms with van der Waals surface area (Å²) < 4.78 is 1.53. The van der Waals surface area contributed by atoms with Crippen molar-refractivity contribution in [2.24, 2.45) is 0 Å². The first-order chi connectivity index (χ1) is 13.7. The second-order valence-corrected chi connectivity index (χ2v) is 6.87. The highest BCUT2D eigenvalue weighted by atomic mass is 16.2. The molecular formula is C18H22N8O2. The lowest BCUT2D eigenvalue weighted by molar-refractivity contribution is -0.121. The number of amides is 1. The second-order valence-electron chi connectivity index (χ2n) is 6.87. The van der Waals surface area contributed by atoms with E-state index in [9.17, 15) is 9.59 Å². The quantitative estimate of drug-likeness (QED) is 0.583. The smallest absolute Gasteiger partial charge is 0.258 e. The Morgan fingerprint density at radius 2 is 2.04 bits per heavy atom. The van der Waals surface area contributed by atoms with Gasteiger partial charge in [0.25, 0.3) is 5.56 Å². The molecule has 3 heterocycles. The molecule has 0 aliphatic carbocycles. The molecule has 0 spiro atoms. The van der Waals surface area contributed by atoms with Gasteiger partial charge in [-0.15, -0.1) is 5.10 Å². The van der Waals surface area contributed by atoms with Gasteiger partial charge in [-0.3, -0.25) is 14.5 Å². The zero-order chi connectivity index (χ0) is 19.3. The van der Waals surface area contributed by atoms with Crippen LogP contribution in [0.25, 0.3) is 10.9 Å². The van der Waals surface area contributed by atoms with Crippen LogP contribution in [-0.4, -0.2) is 60.6 Å². The first-order valence-electron chi connectivity index (χ1n) is 9.41. The SMILES string of the molecule is O=C(Cn1nnnc1CN1CCCC1)NCCc1nc2ccccc2c(=O)[nH]1. The molecule has 28 heavy (non-hydrogen) atoms. The van der Waals surface area contributed by atoms with Gasteiger partial charge in [0.1, 0.15) is 12.4 Å². The molecule has 10 heteroatoms. The number of para-hydroxylation sites is 1. The number of aromatic amines is 1. The van der Waals surface area contributed by atoms with E-state index < -0.39 is 0 Å². The van der Waals surface area contributed by atoms with Crippen LogP contribution in [0.15, 0.2) is 29.1 Å². The molecule has 2 aromatic heterocycles.